The van der Waals surface area contributed by atoms with Crippen molar-refractivity contribution in [2.24, 2.45) is 5.10 Å². The van der Waals surface area contributed by atoms with E-state index in [1.807, 2.05) is 0 Å². The average molecular weight is 460 g/mol. The van der Waals surface area contributed by atoms with Crippen molar-refractivity contribution in [1.82, 2.24) is 9.73 Å². The Morgan fingerprint density at radius 2 is 1.83 bits per heavy atom. The number of sulfonamides is 1. The molecule has 0 spiro atoms. The van der Waals surface area contributed by atoms with Gasteiger partial charge in [-0.05, 0) is 42.0 Å². The lowest BCUT2D eigenvalue weighted by atomic mass is 10.2. The van der Waals surface area contributed by atoms with Crippen LogP contribution >= 0.6 is 23.2 Å². The number of benzene rings is 2. The summed E-state index contributed by atoms with van der Waals surface area (Å²) < 4.78 is 36.4. The monoisotopic (exact) mass is 459 g/mol. The van der Waals surface area contributed by atoms with E-state index in [-0.39, 0.29) is 14.9 Å². The normalized spacial score (nSPS) is 11.7. The molecule has 2 aromatic carbocycles. The minimum absolute atomic E-state index is 0.00753. The minimum Gasteiger partial charge on any atom is -0.493 e. The lowest BCUT2D eigenvalue weighted by molar-refractivity contribution is -0.121. The molecule has 0 heterocycles. The molecule has 156 valence electrons. The predicted molar refractivity (Wildman–Crippen MR) is 112 cm³/mol. The molecular formula is C18H19Cl2N3O5S. The molecule has 0 unspecified atom stereocenters. The van der Waals surface area contributed by atoms with E-state index < -0.39 is 22.5 Å². The van der Waals surface area contributed by atoms with Crippen LogP contribution in [-0.2, 0) is 14.8 Å². The minimum atomic E-state index is -4.01. The number of methoxy groups -OCH3 is 2. The predicted octanol–water partition coefficient (Wildman–Crippen LogP) is 2.78. The highest BCUT2D eigenvalue weighted by atomic mass is 35.5. The van der Waals surface area contributed by atoms with Gasteiger partial charge in [0, 0.05) is 12.1 Å². The van der Waals surface area contributed by atoms with Crippen LogP contribution in [0.25, 0.3) is 0 Å². The lowest BCUT2D eigenvalue weighted by Gasteiger charge is -2.17. The van der Waals surface area contributed by atoms with Gasteiger partial charge in [-0.15, -0.1) is 0 Å². The number of hydrazone groups is 1. The number of nitrogens with one attached hydrogen (secondary N) is 1. The van der Waals surface area contributed by atoms with Gasteiger partial charge < -0.3 is 9.47 Å². The molecule has 1 N–H and O–H groups in total. The van der Waals surface area contributed by atoms with Crippen molar-refractivity contribution in [1.29, 1.82) is 0 Å². The number of ether oxygens (including phenoxy) is 2. The first-order valence-corrected chi connectivity index (χ1v) is 10.3. The number of carbonyl (C=O) groups is 1. The summed E-state index contributed by atoms with van der Waals surface area (Å²) in [5, 5.41) is 4.04. The Kier molecular flexibility index (Phi) is 7.86. The van der Waals surface area contributed by atoms with Gasteiger partial charge in [-0.25, -0.2) is 13.8 Å². The second-order valence-electron chi connectivity index (χ2n) is 5.74. The Balaban J connectivity index is 2.03. The van der Waals surface area contributed by atoms with E-state index in [9.17, 15) is 13.2 Å². The van der Waals surface area contributed by atoms with E-state index in [2.05, 4.69) is 10.5 Å². The first-order chi connectivity index (χ1) is 13.7. The second-order valence-corrected chi connectivity index (χ2v) is 8.60. The molecule has 29 heavy (non-hydrogen) atoms. The Bertz CT molecular complexity index is 1030. The van der Waals surface area contributed by atoms with Crippen molar-refractivity contribution in [3.63, 3.8) is 0 Å². The van der Waals surface area contributed by atoms with Crippen molar-refractivity contribution >= 4 is 45.3 Å². The van der Waals surface area contributed by atoms with Gasteiger partial charge in [-0.3, -0.25) is 4.79 Å². The topological polar surface area (TPSA) is 97.3 Å². The highest BCUT2D eigenvalue weighted by Crippen LogP contribution is 2.27. The van der Waals surface area contributed by atoms with Gasteiger partial charge in [0.15, 0.2) is 11.5 Å². The van der Waals surface area contributed by atoms with Gasteiger partial charge in [-0.2, -0.15) is 9.41 Å². The number of halogens is 2. The molecule has 0 aliphatic heterocycles. The third-order valence-electron chi connectivity index (χ3n) is 3.76. The molecule has 0 radical (unpaired) electrons. The number of amides is 1. The fourth-order valence-electron chi connectivity index (χ4n) is 2.28. The third kappa shape index (κ3) is 5.83. The molecule has 0 aromatic heterocycles. The number of hydrogen-bond donors (Lipinski definition) is 1. The smallest absolute Gasteiger partial charge is 0.255 e. The fraction of sp³-hybridized carbons (Fsp3) is 0.222. The van der Waals surface area contributed by atoms with Gasteiger partial charge in [0.2, 0.25) is 10.0 Å². The molecule has 0 atom stereocenters. The zero-order valence-corrected chi connectivity index (χ0v) is 18.2. The van der Waals surface area contributed by atoms with Gasteiger partial charge >= 0.3 is 0 Å². The summed E-state index contributed by atoms with van der Waals surface area (Å²) in [5.74, 6) is 0.429. The van der Waals surface area contributed by atoms with Crippen LogP contribution in [0.4, 0.5) is 0 Å². The quantitative estimate of drug-likeness (QED) is 0.483. The maximum absolute atomic E-state index is 12.6. The largest absolute Gasteiger partial charge is 0.493 e. The third-order valence-corrected chi connectivity index (χ3v) is 6.28. The summed E-state index contributed by atoms with van der Waals surface area (Å²) in [6, 6.07) is 9.15. The molecule has 1 amide bonds. The summed E-state index contributed by atoms with van der Waals surface area (Å²) in [4.78, 5) is 11.9. The molecule has 0 fully saturated rings. The van der Waals surface area contributed by atoms with E-state index >= 15 is 0 Å². The van der Waals surface area contributed by atoms with Crippen molar-refractivity contribution in [2.75, 3.05) is 27.8 Å². The average Bonchev–Trinajstić information content (AvgIpc) is 2.69. The highest BCUT2D eigenvalue weighted by Gasteiger charge is 2.25. The second kappa shape index (κ2) is 9.93. The van der Waals surface area contributed by atoms with E-state index in [0.717, 1.165) is 4.31 Å². The Hall–Kier alpha value is -2.33. The highest BCUT2D eigenvalue weighted by molar-refractivity contribution is 7.89. The molecular weight excluding hydrogens is 441 g/mol. The number of likely N-dealkylation sites (N-methyl/N-ethyl adjacent to an activating group) is 1. The van der Waals surface area contributed by atoms with Crippen LogP contribution in [-0.4, -0.2) is 52.7 Å². The number of carbonyl (C=O) groups excluding carboxylic acids is 1. The molecule has 0 saturated carbocycles. The molecule has 8 nitrogen and oxygen atoms in total. The summed E-state index contributed by atoms with van der Waals surface area (Å²) in [6.45, 7) is -0.464. The maximum atomic E-state index is 12.6. The van der Waals surface area contributed by atoms with Crippen LogP contribution in [0.2, 0.25) is 10.0 Å². The lowest BCUT2D eigenvalue weighted by Crippen LogP contribution is -2.36. The van der Waals surface area contributed by atoms with Gasteiger partial charge in [0.05, 0.1) is 32.0 Å². The molecule has 0 aliphatic rings. The van der Waals surface area contributed by atoms with E-state index in [4.69, 9.17) is 32.7 Å². The summed E-state index contributed by atoms with van der Waals surface area (Å²) in [6.07, 6.45) is 1.39. The van der Waals surface area contributed by atoms with E-state index in [0.29, 0.717) is 17.1 Å². The van der Waals surface area contributed by atoms with Crippen LogP contribution in [0.1, 0.15) is 5.56 Å². The van der Waals surface area contributed by atoms with Crippen LogP contribution in [0.5, 0.6) is 11.5 Å². The van der Waals surface area contributed by atoms with Crippen molar-refractivity contribution in [3.8, 4) is 11.5 Å². The molecule has 2 rings (SSSR count). The number of hydrogen-bond acceptors (Lipinski definition) is 6. The first kappa shape index (κ1) is 23.0. The van der Waals surface area contributed by atoms with Gasteiger partial charge in [-0.1, -0.05) is 23.2 Å². The summed E-state index contributed by atoms with van der Waals surface area (Å²) in [5.41, 5.74) is 2.92. The van der Waals surface area contributed by atoms with Crippen molar-refractivity contribution in [3.05, 3.63) is 52.0 Å². The van der Waals surface area contributed by atoms with E-state index in [1.165, 1.54) is 45.7 Å². The Morgan fingerprint density at radius 1 is 1.14 bits per heavy atom. The number of nitrogens with zero attached hydrogens (tertiary/aromatic N) is 2. The maximum Gasteiger partial charge on any atom is 0.255 e. The molecule has 2 aromatic rings. The standard InChI is InChI=1S/C18H19Cl2N3O5S/c1-23(29(25,26)17-9-13(19)5-6-14(17)20)11-18(24)22-21-10-12-4-7-15(27-2)16(8-12)28-3/h4-10H,11H2,1-3H3,(H,22,24)/b21-10-. The Labute approximate surface area is 179 Å². The van der Waals surface area contributed by atoms with Gasteiger partial charge in [0.1, 0.15) is 4.90 Å². The number of rotatable bonds is 8. The zero-order valence-electron chi connectivity index (χ0n) is 15.8. The van der Waals surface area contributed by atoms with Crippen LogP contribution in [0.15, 0.2) is 46.4 Å². The molecule has 0 saturated heterocycles. The molecule has 0 aliphatic carbocycles. The van der Waals surface area contributed by atoms with Crippen LogP contribution in [0, 0.1) is 0 Å². The Morgan fingerprint density at radius 3 is 2.48 bits per heavy atom. The van der Waals surface area contributed by atoms with Crippen LogP contribution in [0.3, 0.4) is 0 Å². The zero-order chi connectivity index (χ0) is 21.6. The van der Waals surface area contributed by atoms with E-state index in [1.54, 1.807) is 18.2 Å². The fourth-order valence-corrected chi connectivity index (χ4v) is 4.14. The summed E-state index contributed by atoms with van der Waals surface area (Å²) >= 11 is 11.8. The molecule has 0 bridgehead atoms. The van der Waals surface area contributed by atoms with Crippen molar-refractivity contribution in [2.45, 2.75) is 4.90 Å². The molecule has 11 heteroatoms. The summed E-state index contributed by atoms with van der Waals surface area (Å²) in [7, 11) is 0.271. The van der Waals surface area contributed by atoms with Gasteiger partial charge in [0.25, 0.3) is 5.91 Å². The SMILES string of the molecule is COc1ccc(/C=N\NC(=O)CN(C)S(=O)(=O)c2cc(Cl)ccc2Cl)cc1OC. The van der Waals surface area contributed by atoms with Crippen LogP contribution < -0.4 is 14.9 Å². The first-order valence-electron chi connectivity index (χ1n) is 8.14. The van der Waals surface area contributed by atoms with Crippen molar-refractivity contribution < 1.29 is 22.7 Å².